The van der Waals surface area contributed by atoms with Gasteiger partial charge in [0.1, 0.15) is 23.6 Å². The molecule has 5 heteroatoms. The molecule has 0 saturated heterocycles. The lowest BCUT2D eigenvalue weighted by atomic mass is 10.0. The van der Waals surface area contributed by atoms with E-state index in [1.165, 1.54) is 0 Å². The molecule has 2 aromatic heterocycles. The van der Waals surface area contributed by atoms with Gasteiger partial charge in [0.25, 0.3) is 0 Å². The molecule has 0 aliphatic heterocycles. The summed E-state index contributed by atoms with van der Waals surface area (Å²) in [5.41, 5.74) is 2.05. The Bertz CT molecular complexity index is 1240. The molecule has 5 rings (SSSR count). The van der Waals surface area contributed by atoms with Crippen LogP contribution in [0.5, 0.6) is 0 Å². The summed E-state index contributed by atoms with van der Waals surface area (Å²) < 4.78 is 2.03. The molecule has 5 nitrogen and oxygen atoms in total. The van der Waals surface area contributed by atoms with Crippen LogP contribution in [-0.4, -0.2) is 25.2 Å². The molecule has 0 bridgehead atoms. The standard InChI is InChI=1S/C25H22N4O/c30-25(12-4-5-13-25)14-10-19-8-9-20-11-15-29(22(20)16-19)24-17-23(26-18-27-24)28-21-6-2-1-3-7-21/h1-3,6-9,11,15-18,30H,4-5,12-13H2,(H,26,27,28). The molecule has 1 fully saturated rings. The fourth-order valence-corrected chi connectivity index (χ4v) is 3.90. The molecule has 1 aliphatic carbocycles. The van der Waals surface area contributed by atoms with Crippen LogP contribution in [0, 0.1) is 11.8 Å². The molecule has 1 aliphatic rings. The number of hydrogen-bond acceptors (Lipinski definition) is 4. The predicted octanol–water partition coefficient (Wildman–Crippen LogP) is 4.82. The van der Waals surface area contributed by atoms with E-state index in [0.29, 0.717) is 0 Å². The Balaban J connectivity index is 1.47. The Kier molecular flexibility index (Phi) is 4.70. The Morgan fingerprint density at radius 1 is 0.967 bits per heavy atom. The maximum absolute atomic E-state index is 10.5. The zero-order valence-corrected chi connectivity index (χ0v) is 16.5. The summed E-state index contributed by atoms with van der Waals surface area (Å²) in [7, 11) is 0. The first-order valence-electron chi connectivity index (χ1n) is 10.2. The Hall–Kier alpha value is -3.62. The van der Waals surface area contributed by atoms with Crippen LogP contribution >= 0.6 is 0 Å². The summed E-state index contributed by atoms with van der Waals surface area (Å²) in [4.78, 5) is 8.80. The summed E-state index contributed by atoms with van der Waals surface area (Å²) >= 11 is 0. The third-order valence-electron chi connectivity index (χ3n) is 5.51. The van der Waals surface area contributed by atoms with Gasteiger partial charge in [-0.05, 0) is 56.0 Å². The van der Waals surface area contributed by atoms with E-state index in [1.54, 1.807) is 6.33 Å². The number of anilines is 2. The molecule has 0 unspecified atom stereocenters. The highest BCUT2D eigenvalue weighted by atomic mass is 16.3. The van der Waals surface area contributed by atoms with Gasteiger partial charge in [-0.1, -0.05) is 36.1 Å². The highest BCUT2D eigenvalue weighted by Gasteiger charge is 2.28. The van der Waals surface area contributed by atoms with Gasteiger partial charge in [-0.2, -0.15) is 0 Å². The van der Waals surface area contributed by atoms with E-state index in [2.05, 4.69) is 39.3 Å². The third-order valence-corrected chi connectivity index (χ3v) is 5.51. The fraction of sp³-hybridized carbons (Fsp3) is 0.200. The van der Waals surface area contributed by atoms with Crippen molar-refractivity contribution in [2.24, 2.45) is 0 Å². The first-order valence-corrected chi connectivity index (χ1v) is 10.2. The molecule has 0 atom stereocenters. The van der Waals surface area contributed by atoms with Gasteiger partial charge in [0, 0.05) is 28.9 Å². The molecular formula is C25H22N4O. The molecule has 2 N–H and O–H groups in total. The van der Waals surface area contributed by atoms with Crippen molar-refractivity contribution in [3.8, 4) is 17.7 Å². The van der Waals surface area contributed by atoms with Crippen molar-refractivity contribution in [1.29, 1.82) is 0 Å². The molecule has 0 amide bonds. The molecular weight excluding hydrogens is 372 g/mol. The molecule has 0 spiro atoms. The highest BCUT2D eigenvalue weighted by molar-refractivity contribution is 5.83. The lowest BCUT2D eigenvalue weighted by molar-refractivity contribution is 0.110. The van der Waals surface area contributed by atoms with Crippen molar-refractivity contribution < 1.29 is 5.11 Å². The number of benzene rings is 2. The second-order valence-corrected chi connectivity index (χ2v) is 7.70. The van der Waals surface area contributed by atoms with E-state index in [9.17, 15) is 5.11 Å². The van der Waals surface area contributed by atoms with Crippen LogP contribution in [0.15, 0.2) is 73.2 Å². The van der Waals surface area contributed by atoms with E-state index < -0.39 is 5.60 Å². The van der Waals surface area contributed by atoms with Crippen LogP contribution in [0.25, 0.3) is 16.7 Å². The van der Waals surface area contributed by atoms with E-state index in [4.69, 9.17) is 0 Å². The number of fused-ring (bicyclic) bond motifs is 1. The van der Waals surface area contributed by atoms with Crippen LogP contribution < -0.4 is 5.32 Å². The summed E-state index contributed by atoms with van der Waals surface area (Å²) in [5, 5.41) is 14.9. The second kappa shape index (κ2) is 7.66. The fourth-order valence-electron chi connectivity index (χ4n) is 3.90. The second-order valence-electron chi connectivity index (χ2n) is 7.70. The minimum atomic E-state index is -0.832. The summed E-state index contributed by atoms with van der Waals surface area (Å²) in [6, 6.07) is 20.0. The van der Waals surface area contributed by atoms with Crippen molar-refractivity contribution in [1.82, 2.24) is 14.5 Å². The van der Waals surface area contributed by atoms with Crippen LogP contribution in [-0.2, 0) is 0 Å². The van der Waals surface area contributed by atoms with Gasteiger partial charge in [0.05, 0.1) is 5.52 Å². The number of nitrogens with one attached hydrogen (secondary N) is 1. The van der Waals surface area contributed by atoms with Crippen molar-refractivity contribution in [2.75, 3.05) is 5.32 Å². The lowest BCUT2D eigenvalue weighted by Crippen LogP contribution is -2.20. The normalized spacial score (nSPS) is 15.0. The first-order chi connectivity index (χ1) is 14.7. The maximum atomic E-state index is 10.5. The van der Waals surface area contributed by atoms with Gasteiger partial charge in [0.2, 0.25) is 0 Å². The smallest absolute Gasteiger partial charge is 0.142 e. The summed E-state index contributed by atoms with van der Waals surface area (Å²) in [6.45, 7) is 0. The average Bonchev–Trinajstić information content (AvgIpc) is 3.40. The topological polar surface area (TPSA) is 63.0 Å². The van der Waals surface area contributed by atoms with E-state index >= 15 is 0 Å². The van der Waals surface area contributed by atoms with Gasteiger partial charge in [0.15, 0.2) is 0 Å². The Labute approximate surface area is 175 Å². The van der Waals surface area contributed by atoms with Crippen molar-refractivity contribution >= 4 is 22.4 Å². The monoisotopic (exact) mass is 394 g/mol. The van der Waals surface area contributed by atoms with E-state index in [-0.39, 0.29) is 0 Å². The molecule has 2 heterocycles. The van der Waals surface area contributed by atoms with E-state index in [1.807, 2.05) is 59.3 Å². The quantitative estimate of drug-likeness (QED) is 0.489. The minimum Gasteiger partial charge on any atom is -0.378 e. The van der Waals surface area contributed by atoms with Gasteiger partial charge in [-0.15, -0.1) is 0 Å². The SMILES string of the molecule is OC1(C#Cc2ccc3ccn(-c4cc(Nc5ccccc5)ncn4)c3c2)CCCC1. The van der Waals surface area contributed by atoms with Crippen LogP contribution in [0.3, 0.4) is 0 Å². The molecule has 4 aromatic rings. The average molecular weight is 394 g/mol. The van der Waals surface area contributed by atoms with Crippen LogP contribution in [0.1, 0.15) is 31.2 Å². The summed E-state index contributed by atoms with van der Waals surface area (Å²) in [5.74, 6) is 7.77. The van der Waals surface area contributed by atoms with Crippen LogP contribution in [0.4, 0.5) is 11.5 Å². The Morgan fingerprint density at radius 2 is 1.80 bits per heavy atom. The predicted molar refractivity (Wildman–Crippen MR) is 119 cm³/mol. The number of aliphatic hydroxyl groups is 1. The molecule has 148 valence electrons. The maximum Gasteiger partial charge on any atom is 0.142 e. The largest absolute Gasteiger partial charge is 0.378 e. The number of aromatic nitrogens is 3. The van der Waals surface area contributed by atoms with E-state index in [0.717, 1.165) is 59.5 Å². The van der Waals surface area contributed by atoms with Crippen LogP contribution in [0.2, 0.25) is 0 Å². The van der Waals surface area contributed by atoms with Gasteiger partial charge >= 0.3 is 0 Å². The Morgan fingerprint density at radius 3 is 2.63 bits per heavy atom. The van der Waals surface area contributed by atoms with Gasteiger partial charge in [-0.3, -0.25) is 0 Å². The van der Waals surface area contributed by atoms with Crippen molar-refractivity contribution in [3.63, 3.8) is 0 Å². The summed E-state index contributed by atoms with van der Waals surface area (Å²) in [6.07, 6.45) is 7.17. The molecule has 30 heavy (non-hydrogen) atoms. The minimum absolute atomic E-state index is 0.729. The zero-order chi connectivity index (χ0) is 20.4. The third kappa shape index (κ3) is 3.78. The number of nitrogens with zero attached hydrogens (tertiary/aromatic N) is 3. The number of para-hydroxylation sites is 1. The zero-order valence-electron chi connectivity index (χ0n) is 16.5. The first kappa shape index (κ1) is 18.4. The lowest BCUT2D eigenvalue weighted by Gasteiger charge is -2.12. The molecule has 2 aromatic carbocycles. The number of hydrogen-bond donors (Lipinski definition) is 2. The van der Waals surface area contributed by atoms with Crippen molar-refractivity contribution in [3.05, 3.63) is 78.8 Å². The highest BCUT2D eigenvalue weighted by Crippen LogP contribution is 2.29. The van der Waals surface area contributed by atoms with Gasteiger partial charge in [-0.25, -0.2) is 9.97 Å². The van der Waals surface area contributed by atoms with Gasteiger partial charge < -0.3 is 15.0 Å². The molecule has 1 saturated carbocycles. The molecule has 0 radical (unpaired) electrons. The van der Waals surface area contributed by atoms with Crippen molar-refractivity contribution in [2.45, 2.75) is 31.3 Å². The number of rotatable bonds is 3.